The molecule has 0 atom stereocenters. The van der Waals surface area contributed by atoms with Crippen molar-refractivity contribution in [2.75, 3.05) is 0 Å². The van der Waals surface area contributed by atoms with Crippen molar-refractivity contribution in [2.24, 2.45) is 7.05 Å². The molecule has 5 aromatic rings. The first kappa shape index (κ1) is 15.0. The molecule has 0 amide bonds. The molecule has 0 aliphatic heterocycles. The Bertz CT molecular complexity index is 1260. The lowest BCUT2D eigenvalue weighted by molar-refractivity contribution is 0.776. The van der Waals surface area contributed by atoms with E-state index < -0.39 is 0 Å². The van der Waals surface area contributed by atoms with Gasteiger partial charge in [0.2, 0.25) is 0 Å². The Hall–Kier alpha value is -3.34. The fourth-order valence-electron chi connectivity index (χ4n) is 3.44. The quantitative estimate of drug-likeness (QED) is 0.501. The molecule has 0 aliphatic carbocycles. The van der Waals surface area contributed by atoms with Crippen LogP contribution in [0.5, 0.6) is 0 Å². The molecule has 5 nitrogen and oxygen atoms in total. The molecule has 0 aliphatic rings. The molecular formula is C21H17N5. The number of fused-ring (bicyclic) bond motifs is 4. The van der Waals surface area contributed by atoms with Crippen molar-refractivity contribution in [1.29, 1.82) is 0 Å². The minimum atomic E-state index is 0.811. The molecule has 0 N–H and O–H groups in total. The average Bonchev–Trinajstić information content (AvgIpc) is 3.02. The van der Waals surface area contributed by atoms with Crippen molar-refractivity contribution in [1.82, 2.24) is 24.5 Å². The minimum absolute atomic E-state index is 0.811. The second-order valence-electron chi connectivity index (χ2n) is 6.44. The van der Waals surface area contributed by atoms with E-state index in [-0.39, 0.29) is 0 Å². The number of para-hydroxylation sites is 2. The van der Waals surface area contributed by atoms with Gasteiger partial charge < -0.3 is 4.57 Å². The average molecular weight is 339 g/mol. The van der Waals surface area contributed by atoms with Gasteiger partial charge >= 0.3 is 0 Å². The van der Waals surface area contributed by atoms with Crippen LogP contribution >= 0.6 is 0 Å². The summed E-state index contributed by atoms with van der Waals surface area (Å²) >= 11 is 0. The normalized spacial score (nSPS) is 11.6. The molecule has 0 bridgehead atoms. The third-order valence-electron chi connectivity index (χ3n) is 4.83. The zero-order valence-corrected chi connectivity index (χ0v) is 14.4. The van der Waals surface area contributed by atoms with Crippen molar-refractivity contribution < 1.29 is 0 Å². The number of pyridine rings is 1. The number of rotatable bonds is 3. The fraction of sp³-hybridized carbons (Fsp3) is 0.143. The summed E-state index contributed by atoms with van der Waals surface area (Å²) in [6.07, 6.45) is 5.31. The standard InChI is InChI=1S/C21H17N5/c1-26-19-10-9-16-15(5-4-12-22-16)21(19)25-20(26)11-8-14-13-23-17-6-2-3-7-18(17)24-14/h2-7,9-10,12-13H,8,11H2,1H3. The number of hydrogen-bond acceptors (Lipinski definition) is 4. The van der Waals surface area contributed by atoms with Crippen LogP contribution in [0.4, 0.5) is 0 Å². The smallest absolute Gasteiger partial charge is 0.110 e. The van der Waals surface area contributed by atoms with E-state index in [4.69, 9.17) is 9.97 Å². The van der Waals surface area contributed by atoms with Gasteiger partial charge in [-0.05, 0) is 42.8 Å². The highest BCUT2D eigenvalue weighted by atomic mass is 15.1. The maximum Gasteiger partial charge on any atom is 0.110 e. The number of aromatic nitrogens is 5. The zero-order valence-electron chi connectivity index (χ0n) is 14.4. The van der Waals surface area contributed by atoms with E-state index in [1.807, 2.05) is 42.7 Å². The predicted octanol–water partition coefficient (Wildman–Crippen LogP) is 3.85. The van der Waals surface area contributed by atoms with Crippen LogP contribution in [0, 0.1) is 0 Å². The first-order valence-electron chi connectivity index (χ1n) is 8.69. The van der Waals surface area contributed by atoms with Gasteiger partial charge in [-0.15, -0.1) is 0 Å². The molecule has 26 heavy (non-hydrogen) atoms. The highest BCUT2D eigenvalue weighted by molar-refractivity contribution is 6.02. The lowest BCUT2D eigenvalue weighted by Gasteiger charge is -2.04. The minimum Gasteiger partial charge on any atom is -0.331 e. The third kappa shape index (κ3) is 2.40. The van der Waals surface area contributed by atoms with Crippen molar-refractivity contribution in [2.45, 2.75) is 12.8 Å². The van der Waals surface area contributed by atoms with E-state index in [9.17, 15) is 0 Å². The Morgan fingerprint density at radius 2 is 1.69 bits per heavy atom. The van der Waals surface area contributed by atoms with Gasteiger partial charge in [-0.25, -0.2) is 9.97 Å². The first-order valence-corrected chi connectivity index (χ1v) is 8.69. The van der Waals surface area contributed by atoms with Crippen LogP contribution in [0.25, 0.3) is 33.0 Å². The third-order valence-corrected chi connectivity index (χ3v) is 4.83. The van der Waals surface area contributed by atoms with E-state index in [0.29, 0.717) is 0 Å². The molecule has 0 radical (unpaired) electrons. The highest BCUT2D eigenvalue weighted by Crippen LogP contribution is 2.24. The van der Waals surface area contributed by atoms with Crippen LogP contribution in [0.3, 0.4) is 0 Å². The van der Waals surface area contributed by atoms with Gasteiger partial charge in [0.15, 0.2) is 0 Å². The largest absolute Gasteiger partial charge is 0.331 e. The topological polar surface area (TPSA) is 56.5 Å². The van der Waals surface area contributed by atoms with Gasteiger partial charge in [-0.2, -0.15) is 0 Å². The molecule has 0 unspecified atom stereocenters. The molecule has 126 valence electrons. The lowest BCUT2D eigenvalue weighted by atomic mass is 10.2. The van der Waals surface area contributed by atoms with Gasteiger partial charge in [0.25, 0.3) is 0 Å². The van der Waals surface area contributed by atoms with E-state index >= 15 is 0 Å². The van der Waals surface area contributed by atoms with Gasteiger partial charge in [0, 0.05) is 31.2 Å². The maximum absolute atomic E-state index is 4.89. The van der Waals surface area contributed by atoms with Crippen LogP contribution in [-0.4, -0.2) is 24.5 Å². The molecule has 5 heteroatoms. The van der Waals surface area contributed by atoms with Gasteiger partial charge in [0.05, 0.1) is 33.3 Å². The van der Waals surface area contributed by atoms with Gasteiger partial charge in [-0.1, -0.05) is 12.1 Å². The number of nitrogens with zero attached hydrogens (tertiary/aromatic N) is 5. The van der Waals surface area contributed by atoms with Gasteiger partial charge in [-0.3, -0.25) is 9.97 Å². The first-order chi connectivity index (χ1) is 12.8. The van der Waals surface area contributed by atoms with E-state index in [2.05, 4.69) is 39.8 Å². The van der Waals surface area contributed by atoms with Crippen molar-refractivity contribution >= 4 is 33.0 Å². The van der Waals surface area contributed by atoms with Crippen LogP contribution in [0.15, 0.2) is 60.9 Å². The second-order valence-corrected chi connectivity index (χ2v) is 6.44. The predicted molar refractivity (Wildman–Crippen MR) is 103 cm³/mol. The lowest BCUT2D eigenvalue weighted by Crippen LogP contribution is -2.02. The summed E-state index contributed by atoms with van der Waals surface area (Å²) in [5.41, 5.74) is 5.97. The van der Waals surface area contributed by atoms with E-state index in [1.165, 1.54) is 0 Å². The Balaban J connectivity index is 1.50. The number of benzene rings is 2. The molecule has 0 fully saturated rings. The summed E-state index contributed by atoms with van der Waals surface area (Å²) in [4.78, 5) is 18.5. The van der Waals surface area contributed by atoms with Crippen molar-refractivity contribution in [3.05, 3.63) is 72.4 Å². The molecule has 3 heterocycles. The van der Waals surface area contributed by atoms with E-state index in [1.54, 1.807) is 0 Å². The number of aryl methyl sites for hydroxylation is 3. The van der Waals surface area contributed by atoms with E-state index in [0.717, 1.165) is 57.3 Å². The van der Waals surface area contributed by atoms with Crippen LogP contribution in [0.2, 0.25) is 0 Å². The molecule has 0 saturated carbocycles. The SMILES string of the molecule is Cn1c(CCc2cnc3ccccc3n2)nc2c3cccnc3ccc21. The molecule has 2 aromatic carbocycles. The number of hydrogen-bond donors (Lipinski definition) is 0. The van der Waals surface area contributed by atoms with Crippen molar-refractivity contribution in [3.63, 3.8) is 0 Å². The van der Waals surface area contributed by atoms with Gasteiger partial charge in [0.1, 0.15) is 5.82 Å². The fourth-order valence-corrected chi connectivity index (χ4v) is 3.44. The Kier molecular flexibility index (Phi) is 3.38. The summed E-state index contributed by atoms with van der Waals surface area (Å²) in [6.45, 7) is 0. The second kappa shape index (κ2) is 5.88. The molecular weight excluding hydrogens is 322 g/mol. The monoisotopic (exact) mass is 339 g/mol. The molecule has 5 rings (SSSR count). The van der Waals surface area contributed by atoms with Crippen molar-refractivity contribution in [3.8, 4) is 0 Å². The summed E-state index contributed by atoms with van der Waals surface area (Å²) in [7, 11) is 2.07. The van der Waals surface area contributed by atoms with Crippen LogP contribution in [0.1, 0.15) is 11.5 Å². The Morgan fingerprint density at radius 3 is 2.62 bits per heavy atom. The number of imidazole rings is 1. The van der Waals surface area contributed by atoms with Crippen LogP contribution < -0.4 is 0 Å². The molecule has 0 saturated heterocycles. The summed E-state index contributed by atoms with van der Waals surface area (Å²) in [5, 5.41) is 1.09. The zero-order chi connectivity index (χ0) is 17.5. The molecule has 3 aromatic heterocycles. The summed E-state index contributed by atoms with van der Waals surface area (Å²) < 4.78 is 2.16. The Morgan fingerprint density at radius 1 is 0.808 bits per heavy atom. The van der Waals surface area contributed by atoms with Crippen LogP contribution in [-0.2, 0) is 19.9 Å². The summed E-state index contributed by atoms with van der Waals surface area (Å²) in [5.74, 6) is 1.05. The molecule has 0 spiro atoms. The maximum atomic E-state index is 4.89. The Labute approximate surface area is 150 Å². The highest BCUT2D eigenvalue weighted by Gasteiger charge is 2.11. The summed E-state index contributed by atoms with van der Waals surface area (Å²) in [6, 6.07) is 16.1.